The van der Waals surface area contributed by atoms with Crippen LogP contribution < -0.4 is 0 Å². The van der Waals surface area contributed by atoms with Crippen molar-refractivity contribution in [2.45, 2.75) is 25.8 Å². The number of halogens is 1. The molecule has 0 saturated carbocycles. The molecule has 2 aromatic rings. The fourth-order valence-corrected chi connectivity index (χ4v) is 4.59. The lowest BCUT2D eigenvalue weighted by molar-refractivity contribution is -0.140. The lowest BCUT2D eigenvalue weighted by Crippen LogP contribution is -2.45. The molecule has 29 heavy (non-hydrogen) atoms. The predicted molar refractivity (Wildman–Crippen MR) is 118 cm³/mol. The summed E-state index contributed by atoms with van der Waals surface area (Å²) in [6.07, 6.45) is 5.89. The molecule has 0 spiro atoms. The van der Waals surface area contributed by atoms with E-state index < -0.39 is 0 Å². The highest BCUT2D eigenvalue weighted by Gasteiger charge is 2.31. The van der Waals surface area contributed by atoms with Crippen LogP contribution in [0.25, 0.3) is 6.08 Å². The average Bonchev–Trinajstić information content (AvgIpc) is 2.77. The van der Waals surface area contributed by atoms with E-state index in [4.69, 9.17) is 0 Å². The Bertz CT molecular complexity index is 932. The Morgan fingerprint density at radius 2 is 1.69 bits per heavy atom. The molecule has 0 bridgehead atoms. The fraction of sp³-hybridized carbons (Fsp3) is 0.333. The molecule has 1 fully saturated rings. The van der Waals surface area contributed by atoms with Crippen molar-refractivity contribution in [1.82, 2.24) is 9.80 Å². The van der Waals surface area contributed by atoms with Crippen LogP contribution >= 0.6 is 15.9 Å². The zero-order valence-electron chi connectivity index (χ0n) is 16.4. The number of fused-ring (bicyclic) bond motifs is 1. The van der Waals surface area contributed by atoms with E-state index in [1.807, 2.05) is 46.2 Å². The first-order chi connectivity index (χ1) is 14.1. The summed E-state index contributed by atoms with van der Waals surface area (Å²) < 4.78 is 0.992. The van der Waals surface area contributed by atoms with Gasteiger partial charge in [-0.2, -0.15) is 0 Å². The number of hydrogen-bond acceptors (Lipinski definition) is 2. The minimum absolute atomic E-state index is 0.0165. The Hall–Kier alpha value is -2.40. The summed E-state index contributed by atoms with van der Waals surface area (Å²) in [6, 6.07) is 16.2. The Balaban J connectivity index is 1.30. The van der Waals surface area contributed by atoms with Crippen molar-refractivity contribution in [2.75, 3.05) is 19.6 Å². The van der Waals surface area contributed by atoms with Crippen LogP contribution in [0.1, 0.15) is 29.5 Å². The van der Waals surface area contributed by atoms with Crippen molar-refractivity contribution in [3.8, 4) is 0 Å². The van der Waals surface area contributed by atoms with Crippen LogP contribution in [0.3, 0.4) is 0 Å². The van der Waals surface area contributed by atoms with Crippen molar-refractivity contribution in [2.24, 2.45) is 5.92 Å². The second-order valence-corrected chi connectivity index (χ2v) is 8.68. The van der Waals surface area contributed by atoms with Gasteiger partial charge < -0.3 is 9.80 Å². The van der Waals surface area contributed by atoms with Crippen LogP contribution in [0.15, 0.2) is 59.1 Å². The van der Waals surface area contributed by atoms with Crippen LogP contribution in [0, 0.1) is 5.92 Å². The molecule has 0 atom stereocenters. The average molecular weight is 453 g/mol. The molecule has 150 valence electrons. The first-order valence-electron chi connectivity index (χ1n) is 10.2. The summed E-state index contributed by atoms with van der Waals surface area (Å²) in [5.41, 5.74) is 3.61. The van der Waals surface area contributed by atoms with Gasteiger partial charge in [-0.25, -0.2) is 0 Å². The number of amides is 2. The molecule has 2 amide bonds. The van der Waals surface area contributed by atoms with E-state index in [9.17, 15) is 9.59 Å². The number of carbonyl (C=O) groups is 2. The van der Waals surface area contributed by atoms with Gasteiger partial charge in [0.25, 0.3) is 0 Å². The van der Waals surface area contributed by atoms with E-state index in [1.54, 1.807) is 6.08 Å². The Kier molecular flexibility index (Phi) is 6.14. The van der Waals surface area contributed by atoms with Gasteiger partial charge in [0.15, 0.2) is 0 Å². The molecule has 0 aliphatic carbocycles. The first kappa shape index (κ1) is 19.9. The third-order valence-corrected chi connectivity index (χ3v) is 6.36. The molecule has 4 nitrogen and oxygen atoms in total. The number of carbonyl (C=O) groups excluding carboxylic acids is 2. The Morgan fingerprint density at radius 3 is 2.45 bits per heavy atom. The van der Waals surface area contributed by atoms with Crippen molar-refractivity contribution in [3.63, 3.8) is 0 Å². The highest BCUT2D eigenvalue weighted by Crippen LogP contribution is 2.25. The lowest BCUT2D eigenvalue weighted by atomic mass is 9.93. The van der Waals surface area contributed by atoms with Gasteiger partial charge in [-0.1, -0.05) is 52.3 Å². The van der Waals surface area contributed by atoms with E-state index in [1.165, 1.54) is 11.1 Å². The summed E-state index contributed by atoms with van der Waals surface area (Å²) in [5.74, 6) is 0.289. The maximum absolute atomic E-state index is 13.0. The second kappa shape index (κ2) is 8.95. The van der Waals surface area contributed by atoms with Gasteiger partial charge in [0.1, 0.15) is 0 Å². The number of piperidine rings is 1. The van der Waals surface area contributed by atoms with Gasteiger partial charge >= 0.3 is 0 Å². The smallest absolute Gasteiger partial charge is 0.246 e. The number of hydrogen-bond donors (Lipinski definition) is 0. The number of nitrogens with zero attached hydrogens (tertiary/aromatic N) is 2. The maximum atomic E-state index is 13.0. The molecule has 2 aliphatic rings. The van der Waals surface area contributed by atoms with Gasteiger partial charge in [0.05, 0.1) is 0 Å². The van der Waals surface area contributed by atoms with Gasteiger partial charge in [-0.05, 0) is 54.2 Å². The van der Waals surface area contributed by atoms with Crippen LogP contribution in [0.4, 0.5) is 0 Å². The lowest BCUT2D eigenvalue weighted by Gasteiger charge is -2.35. The molecule has 0 aromatic heterocycles. The molecule has 1 saturated heterocycles. The SMILES string of the molecule is O=C(/C=C/c1cccc(Br)c1)N1CCC(C(=O)N2CCc3ccccc3C2)CC1. The zero-order valence-corrected chi connectivity index (χ0v) is 18.0. The molecular weight excluding hydrogens is 428 g/mol. The minimum atomic E-state index is 0.0165. The summed E-state index contributed by atoms with van der Waals surface area (Å²) in [7, 11) is 0. The number of benzene rings is 2. The minimum Gasteiger partial charge on any atom is -0.339 e. The number of likely N-dealkylation sites (tertiary alicyclic amines) is 1. The Labute approximate surface area is 180 Å². The van der Waals surface area contributed by atoms with Crippen molar-refractivity contribution in [3.05, 3.63) is 75.8 Å². The zero-order chi connectivity index (χ0) is 20.2. The highest BCUT2D eigenvalue weighted by atomic mass is 79.9. The molecule has 2 heterocycles. The molecule has 0 N–H and O–H groups in total. The summed E-state index contributed by atoms with van der Waals surface area (Å²) >= 11 is 3.44. The van der Waals surface area contributed by atoms with Gasteiger partial charge in [0, 0.05) is 42.6 Å². The van der Waals surface area contributed by atoms with E-state index >= 15 is 0 Å². The molecule has 0 unspecified atom stereocenters. The van der Waals surface area contributed by atoms with Gasteiger partial charge in [0.2, 0.25) is 11.8 Å². The molecule has 2 aliphatic heterocycles. The topological polar surface area (TPSA) is 40.6 Å². The standard InChI is InChI=1S/C24H25BrN2O2/c25-22-7-3-4-18(16-22)8-9-23(28)26-13-11-20(12-14-26)24(29)27-15-10-19-5-1-2-6-21(19)17-27/h1-9,16,20H,10-15,17H2/b9-8+. The summed E-state index contributed by atoms with van der Waals surface area (Å²) in [6.45, 7) is 2.79. The van der Waals surface area contributed by atoms with E-state index in [-0.39, 0.29) is 17.7 Å². The normalized spacial score (nSPS) is 17.4. The van der Waals surface area contributed by atoms with Crippen LogP contribution in [-0.4, -0.2) is 41.2 Å². The second-order valence-electron chi connectivity index (χ2n) is 7.77. The molecule has 4 rings (SSSR count). The van der Waals surface area contributed by atoms with Crippen molar-refractivity contribution in [1.29, 1.82) is 0 Å². The quantitative estimate of drug-likeness (QED) is 0.651. The molecular formula is C24H25BrN2O2. The third-order valence-electron chi connectivity index (χ3n) is 5.87. The summed E-state index contributed by atoms with van der Waals surface area (Å²) in [5, 5.41) is 0. The molecule has 0 radical (unpaired) electrons. The van der Waals surface area contributed by atoms with Crippen LogP contribution in [0.2, 0.25) is 0 Å². The van der Waals surface area contributed by atoms with Gasteiger partial charge in [-0.15, -0.1) is 0 Å². The van der Waals surface area contributed by atoms with E-state index in [0.717, 1.165) is 35.8 Å². The van der Waals surface area contributed by atoms with Crippen molar-refractivity contribution >= 4 is 33.8 Å². The highest BCUT2D eigenvalue weighted by molar-refractivity contribution is 9.10. The van der Waals surface area contributed by atoms with Crippen LogP contribution in [-0.2, 0) is 22.6 Å². The number of rotatable bonds is 3. The largest absolute Gasteiger partial charge is 0.339 e. The predicted octanol–water partition coefficient (Wildman–Crippen LogP) is 4.29. The molecule has 2 aromatic carbocycles. The molecule has 5 heteroatoms. The fourth-order valence-electron chi connectivity index (χ4n) is 4.17. The maximum Gasteiger partial charge on any atom is 0.246 e. The monoisotopic (exact) mass is 452 g/mol. The van der Waals surface area contributed by atoms with E-state index in [2.05, 4.69) is 34.1 Å². The third kappa shape index (κ3) is 4.78. The Morgan fingerprint density at radius 1 is 0.931 bits per heavy atom. The first-order valence-corrected chi connectivity index (χ1v) is 11.0. The van der Waals surface area contributed by atoms with Crippen molar-refractivity contribution < 1.29 is 9.59 Å². The van der Waals surface area contributed by atoms with E-state index in [0.29, 0.717) is 19.6 Å². The summed E-state index contributed by atoms with van der Waals surface area (Å²) in [4.78, 5) is 29.3. The van der Waals surface area contributed by atoms with Crippen LogP contribution in [0.5, 0.6) is 0 Å². The van der Waals surface area contributed by atoms with Gasteiger partial charge in [-0.3, -0.25) is 9.59 Å².